The number of benzene rings is 1. The van der Waals surface area contributed by atoms with Crippen LogP contribution in [0.15, 0.2) is 24.3 Å². The van der Waals surface area contributed by atoms with Gasteiger partial charge in [-0.1, -0.05) is 18.2 Å². The highest BCUT2D eigenvalue weighted by Gasteiger charge is 2.41. The minimum atomic E-state index is 0.174. The molecule has 2 fully saturated rings. The third-order valence-corrected chi connectivity index (χ3v) is 4.79. The summed E-state index contributed by atoms with van der Waals surface area (Å²) in [4.78, 5) is 14.3. The fourth-order valence-electron chi connectivity index (χ4n) is 3.39. The second kappa shape index (κ2) is 6.06. The Bertz CT molecular complexity index is 513. The predicted molar refractivity (Wildman–Crippen MR) is 82.1 cm³/mol. The summed E-state index contributed by atoms with van der Waals surface area (Å²) < 4.78 is 5.33. The number of hydrogen-bond donors (Lipinski definition) is 1. The van der Waals surface area contributed by atoms with Crippen molar-refractivity contribution in [3.8, 4) is 5.75 Å². The smallest absolute Gasteiger partial charge is 0.222 e. The summed E-state index contributed by atoms with van der Waals surface area (Å²) in [6.45, 7) is 1.59. The van der Waals surface area contributed by atoms with E-state index in [2.05, 4.69) is 0 Å². The van der Waals surface area contributed by atoms with E-state index < -0.39 is 0 Å². The van der Waals surface area contributed by atoms with Crippen LogP contribution in [0.4, 0.5) is 0 Å². The highest BCUT2D eigenvalue weighted by Crippen LogP contribution is 2.41. The van der Waals surface area contributed by atoms with Gasteiger partial charge >= 0.3 is 0 Å². The van der Waals surface area contributed by atoms with Gasteiger partial charge in [-0.15, -0.1) is 0 Å². The Morgan fingerprint density at radius 2 is 2.10 bits per heavy atom. The van der Waals surface area contributed by atoms with Crippen LogP contribution in [0.3, 0.4) is 0 Å². The number of carbonyl (C=O) groups is 1. The van der Waals surface area contributed by atoms with Crippen molar-refractivity contribution in [3.05, 3.63) is 29.8 Å². The molecule has 2 N–H and O–H groups in total. The van der Waals surface area contributed by atoms with Crippen LogP contribution in [0.25, 0.3) is 0 Å². The van der Waals surface area contributed by atoms with Crippen LogP contribution in [-0.2, 0) is 11.2 Å². The first kappa shape index (κ1) is 14.4. The number of aryl methyl sites for hydroxylation is 1. The average Bonchev–Trinajstić information content (AvgIpc) is 3.27. The molecule has 1 aromatic carbocycles. The Kier molecular flexibility index (Phi) is 4.15. The molecule has 3 rings (SSSR count). The number of nitrogens with two attached hydrogens (primary N) is 1. The molecule has 0 spiro atoms. The zero-order valence-corrected chi connectivity index (χ0v) is 12.6. The largest absolute Gasteiger partial charge is 0.496 e. The van der Waals surface area contributed by atoms with Crippen molar-refractivity contribution >= 4 is 5.91 Å². The lowest BCUT2D eigenvalue weighted by atomic mass is 9.99. The molecule has 114 valence electrons. The molecule has 0 bridgehead atoms. The lowest BCUT2D eigenvalue weighted by Crippen LogP contribution is -2.32. The molecule has 1 aromatic rings. The molecule has 1 heterocycles. The monoisotopic (exact) mass is 288 g/mol. The molecule has 0 unspecified atom stereocenters. The summed E-state index contributed by atoms with van der Waals surface area (Å²) in [5.74, 6) is 2.38. The topological polar surface area (TPSA) is 55.6 Å². The van der Waals surface area contributed by atoms with Gasteiger partial charge in [-0.05, 0) is 42.7 Å². The number of amides is 1. The van der Waals surface area contributed by atoms with Crippen LogP contribution in [-0.4, -0.2) is 37.0 Å². The van der Waals surface area contributed by atoms with Crippen molar-refractivity contribution in [3.63, 3.8) is 0 Å². The normalized spacial score (nSPS) is 25.1. The summed E-state index contributed by atoms with van der Waals surface area (Å²) in [5.41, 5.74) is 7.28. The molecule has 4 nitrogen and oxygen atoms in total. The highest BCUT2D eigenvalue weighted by atomic mass is 16.5. The molecule has 0 aromatic heterocycles. The molecule has 0 radical (unpaired) electrons. The van der Waals surface area contributed by atoms with Crippen molar-refractivity contribution in [2.75, 3.05) is 20.2 Å². The fourth-order valence-corrected chi connectivity index (χ4v) is 3.39. The molecule has 1 aliphatic heterocycles. The van der Waals surface area contributed by atoms with E-state index in [9.17, 15) is 4.79 Å². The van der Waals surface area contributed by atoms with Gasteiger partial charge in [0.2, 0.25) is 5.91 Å². The van der Waals surface area contributed by atoms with E-state index in [1.807, 2.05) is 29.2 Å². The Morgan fingerprint density at radius 1 is 1.33 bits per heavy atom. The first-order valence-electron chi connectivity index (χ1n) is 7.84. The van der Waals surface area contributed by atoms with E-state index in [0.29, 0.717) is 12.3 Å². The van der Waals surface area contributed by atoms with E-state index >= 15 is 0 Å². The molecule has 4 heteroatoms. The maximum atomic E-state index is 12.4. The maximum absolute atomic E-state index is 12.4. The van der Waals surface area contributed by atoms with Crippen LogP contribution < -0.4 is 10.5 Å². The van der Waals surface area contributed by atoms with E-state index in [4.69, 9.17) is 10.5 Å². The number of para-hydroxylation sites is 1. The number of ether oxygens (including phenoxy) is 1. The predicted octanol–water partition coefficient (Wildman–Crippen LogP) is 1.82. The molecular weight excluding hydrogens is 264 g/mol. The first-order valence-corrected chi connectivity index (χ1v) is 7.84. The number of nitrogens with zero attached hydrogens (tertiary/aromatic N) is 1. The molecular formula is C17H24N2O2. The molecule has 1 saturated heterocycles. The van der Waals surface area contributed by atoms with Gasteiger partial charge in [0, 0.05) is 25.6 Å². The minimum absolute atomic E-state index is 0.174. The lowest BCUT2D eigenvalue weighted by Gasteiger charge is -2.16. The first-order chi connectivity index (χ1) is 10.2. The SMILES string of the molecule is COc1ccccc1CCC(=O)N1C[C@H](C2CC2)[C@@H](N)C1. The molecule has 1 aliphatic carbocycles. The third kappa shape index (κ3) is 3.21. The molecule has 2 aliphatic rings. The van der Waals surface area contributed by atoms with Crippen LogP contribution in [0, 0.1) is 11.8 Å². The second-order valence-electron chi connectivity index (χ2n) is 6.28. The van der Waals surface area contributed by atoms with Gasteiger partial charge in [-0.3, -0.25) is 4.79 Å². The van der Waals surface area contributed by atoms with Gasteiger partial charge in [0.1, 0.15) is 5.75 Å². The van der Waals surface area contributed by atoms with Crippen LogP contribution in [0.2, 0.25) is 0 Å². The van der Waals surface area contributed by atoms with E-state index in [0.717, 1.165) is 36.7 Å². The number of carbonyl (C=O) groups excluding carboxylic acids is 1. The summed E-state index contributed by atoms with van der Waals surface area (Å²) >= 11 is 0. The summed E-state index contributed by atoms with van der Waals surface area (Å²) in [6, 6.07) is 8.07. The van der Waals surface area contributed by atoms with Crippen LogP contribution in [0.5, 0.6) is 5.75 Å². The number of methoxy groups -OCH3 is 1. The zero-order chi connectivity index (χ0) is 14.8. The molecule has 2 atom stereocenters. The fraction of sp³-hybridized carbons (Fsp3) is 0.588. The van der Waals surface area contributed by atoms with Crippen LogP contribution in [0.1, 0.15) is 24.8 Å². The lowest BCUT2D eigenvalue weighted by molar-refractivity contribution is -0.130. The van der Waals surface area contributed by atoms with Gasteiger partial charge < -0.3 is 15.4 Å². The standard InChI is InChI=1S/C17H24N2O2/c1-21-16-5-3-2-4-13(16)8-9-17(20)19-10-14(12-6-7-12)15(18)11-19/h2-5,12,14-15H,6-11,18H2,1H3/t14-,15+/m1/s1. The number of hydrogen-bond acceptors (Lipinski definition) is 3. The third-order valence-electron chi connectivity index (χ3n) is 4.79. The average molecular weight is 288 g/mol. The van der Waals surface area contributed by atoms with Crippen molar-refractivity contribution in [2.24, 2.45) is 17.6 Å². The summed E-state index contributed by atoms with van der Waals surface area (Å²) in [6.07, 6.45) is 3.84. The zero-order valence-electron chi connectivity index (χ0n) is 12.6. The molecule has 1 amide bonds. The molecule has 1 saturated carbocycles. The van der Waals surface area contributed by atoms with Gasteiger partial charge in [0.05, 0.1) is 7.11 Å². The van der Waals surface area contributed by atoms with Crippen LogP contribution >= 0.6 is 0 Å². The van der Waals surface area contributed by atoms with Gasteiger partial charge in [0.15, 0.2) is 0 Å². The highest BCUT2D eigenvalue weighted by molar-refractivity contribution is 5.77. The van der Waals surface area contributed by atoms with E-state index in [-0.39, 0.29) is 11.9 Å². The van der Waals surface area contributed by atoms with Crippen molar-refractivity contribution < 1.29 is 9.53 Å². The number of likely N-dealkylation sites (tertiary alicyclic amines) is 1. The Balaban J connectivity index is 1.54. The van der Waals surface area contributed by atoms with E-state index in [1.165, 1.54) is 12.8 Å². The summed E-state index contributed by atoms with van der Waals surface area (Å²) in [5, 5.41) is 0. The Hall–Kier alpha value is -1.55. The quantitative estimate of drug-likeness (QED) is 0.899. The molecule has 21 heavy (non-hydrogen) atoms. The summed E-state index contributed by atoms with van der Waals surface area (Å²) in [7, 11) is 1.67. The second-order valence-corrected chi connectivity index (χ2v) is 6.28. The maximum Gasteiger partial charge on any atom is 0.222 e. The van der Waals surface area contributed by atoms with Gasteiger partial charge in [-0.25, -0.2) is 0 Å². The Morgan fingerprint density at radius 3 is 2.81 bits per heavy atom. The van der Waals surface area contributed by atoms with Gasteiger partial charge in [-0.2, -0.15) is 0 Å². The Labute approximate surface area is 126 Å². The van der Waals surface area contributed by atoms with E-state index in [1.54, 1.807) is 7.11 Å². The number of rotatable bonds is 5. The van der Waals surface area contributed by atoms with Crippen molar-refractivity contribution in [1.82, 2.24) is 4.90 Å². The van der Waals surface area contributed by atoms with Crippen molar-refractivity contribution in [1.29, 1.82) is 0 Å². The van der Waals surface area contributed by atoms with Crippen molar-refractivity contribution in [2.45, 2.75) is 31.7 Å². The minimum Gasteiger partial charge on any atom is -0.496 e. The van der Waals surface area contributed by atoms with Gasteiger partial charge in [0.25, 0.3) is 0 Å².